The number of para-hydroxylation sites is 2. The first kappa shape index (κ1) is 39.1. The molecule has 0 saturated heterocycles. The summed E-state index contributed by atoms with van der Waals surface area (Å²) >= 11 is 37.5. The average molecular weight is 827 g/mol. The third-order valence-electron chi connectivity index (χ3n) is 6.10. The average Bonchev–Trinajstić information content (AvgIpc) is 3.50. The van der Waals surface area contributed by atoms with E-state index in [-0.39, 0.29) is 49.4 Å². The minimum atomic E-state index is -2.12. The van der Waals surface area contributed by atoms with Crippen LogP contribution in [-0.2, 0) is 51.1 Å². The molecule has 0 amide bonds. The number of ether oxygens (including phenoxy) is 6. The standard InChI is InChI=1S/C28H26Cl6N2O10S2/c29-27(30,31)23(45-21(37)15-35-17-5-1-3-7-19(17)47-25(35)39)43-13-11-41-9-10-42-12-14-44-24(28(32,33)34)46-22(38)16-36-18-6-2-4-8-20(18)48-26(36)40/h1-8,23-24H,9-16H2/t23-,24-/m1/s1. The second kappa shape index (κ2) is 18.0. The maximum Gasteiger partial charge on any atom is 0.328 e. The van der Waals surface area contributed by atoms with Crippen molar-refractivity contribution in [1.29, 1.82) is 0 Å². The Morgan fingerprint density at radius 3 is 1.33 bits per heavy atom. The Morgan fingerprint density at radius 1 is 0.604 bits per heavy atom. The molecule has 0 aliphatic carbocycles. The third kappa shape index (κ3) is 11.4. The van der Waals surface area contributed by atoms with Gasteiger partial charge in [0.25, 0.3) is 20.2 Å². The lowest BCUT2D eigenvalue weighted by molar-refractivity contribution is -0.183. The van der Waals surface area contributed by atoms with Gasteiger partial charge in [-0.3, -0.25) is 28.3 Å². The summed E-state index contributed by atoms with van der Waals surface area (Å²) in [5.74, 6) is -1.68. The van der Waals surface area contributed by atoms with Crippen LogP contribution in [-0.4, -0.2) is 80.9 Å². The molecule has 48 heavy (non-hydrogen) atoms. The molecule has 0 bridgehead atoms. The van der Waals surface area contributed by atoms with E-state index in [0.717, 1.165) is 22.7 Å². The minimum Gasteiger partial charge on any atom is -0.430 e. The van der Waals surface area contributed by atoms with Crippen molar-refractivity contribution in [2.24, 2.45) is 0 Å². The van der Waals surface area contributed by atoms with Crippen molar-refractivity contribution in [2.45, 2.75) is 33.3 Å². The number of esters is 2. The van der Waals surface area contributed by atoms with Gasteiger partial charge in [-0.15, -0.1) is 0 Å². The quantitative estimate of drug-likeness (QED) is 0.0567. The summed E-state index contributed by atoms with van der Waals surface area (Å²) in [7, 11) is 0. The lowest BCUT2D eigenvalue weighted by atomic mass is 10.3. The zero-order valence-corrected chi connectivity index (χ0v) is 30.7. The van der Waals surface area contributed by atoms with E-state index in [0.29, 0.717) is 20.4 Å². The summed E-state index contributed by atoms with van der Waals surface area (Å²) in [6.07, 6.45) is -3.14. The summed E-state index contributed by atoms with van der Waals surface area (Å²) in [5.41, 5.74) is 1.15. The van der Waals surface area contributed by atoms with Crippen molar-refractivity contribution in [1.82, 2.24) is 9.13 Å². The van der Waals surface area contributed by atoms with Gasteiger partial charge in [-0.25, -0.2) is 0 Å². The van der Waals surface area contributed by atoms with Crippen LogP contribution in [0.3, 0.4) is 0 Å². The van der Waals surface area contributed by atoms with Gasteiger partial charge in [0.15, 0.2) is 0 Å². The van der Waals surface area contributed by atoms with Crippen LogP contribution in [0.1, 0.15) is 0 Å². The zero-order valence-electron chi connectivity index (χ0n) is 24.5. The molecule has 0 unspecified atom stereocenters. The van der Waals surface area contributed by atoms with Crippen LogP contribution in [0.2, 0.25) is 0 Å². The van der Waals surface area contributed by atoms with E-state index in [9.17, 15) is 19.2 Å². The van der Waals surface area contributed by atoms with Crippen molar-refractivity contribution < 1.29 is 38.0 Å². The van der Waals surface area contributed by atoms with Crippen LogP contribution in [0.25, 0.3) is 20.4 Å². The number of nitrogens with zero attached hydrogens (tertiary/aromatic N) is 2. The van der Waals surface area contributed by atoms with Crippen molar-refractivity contribution in [3.8, 4) is 0 Å². The second-order valence-electron chi connectivity index (χ2n) is 9.54. The van der Waals surface area contributed by atoms with E-state index in [2.05, 4.69) is 0 Å². The Bertz CT molecular complexity index is 1670. The van der Waals surface area contributed by atoms with Gasteiger partial charge in [0.1, 0.15) is 13.1 Å². The number of aromatic nitrogens is 2. The lowest BCUT2D eigenvalue weighted by Crippen LogP contribution is -2.36. The number of hydrogen-bond donors (Lipinski definition) is 0. The Hall–Kier alpha value is -1.66. The summed E-state index contributed by atoms with van der Waals surface area (Å²) in [4.78, 5) is 49.0. The molecule has 0 aliphatic rings. The molecule has 2 aromatic carbocycles. The lowest BCUT2D eigenvalue weighted by Gasteiger charge is -2.24. The maximum absolute atomic E-state index is 12.5. The van der Waals surface area contributed by atoms with Crippen molar-refractivity contribution in [3.05, 3.63) is 67.9 Å². The van der Waals surface area contributed by atoms with Crippen LogP contribution in [0.4, 0.5) is 0 Å². The first-order valence-electron chi connectivity index (χ1n) is 13.8. The van der Waals surface area contributed by atoms with E-state index >= 15 is 0 Å². The Labute approximate surface area is 310 Å². The summed E-state index contributed by atoms with van der Waals surface area (Å²) < 4.78 is 31.7. The van der Waals surface area contributed by atoms with Gasteiger partial charge in [0.2, 0.25) is 0 Å². The molecule has 12 nitrogen and oxygen atoms in total. The SMILES string of the molecule is O=C(Cn1c(=O)sc2ccccc21)O[C@@H](OCCOCCOCCO[C@H](OC(=O)Cn1c(=O)sc2ccccc21)C(Cl)(Cl)Cl)C(Cl)(Cl)Cl. The molecule has 0 saturated carbocycles. The zero-order chi connectivity index (χ0) is 34.9. The number of rotatable bonds is 17. The van der Waals surface area contributed by atoms with E-state index in [1.165, 1.54) is 9.13 Å². The number of carbonyl (C=O) groups is 2. The van der Waals surface area contributed by atoms with Gasteiger partial charge in [-0.05, 0) is 24.3 Å². The largest absolute Gasteiger partial charge is 0.430 e. The van der Waals surface area contributed by atoms with Crippen LogP contribution in [0.15, 0.2) is 58.1 Å². The molecule has 4 rings (SSSR count). The van der Waals surface area contributed by atoms with E-state index in [1.54, 1.807) is 48.5 Å². The molecule has 2 aromatic heterocycles. The molecule has 0 radical (unpaired) electrons. The predicted molar refractivity (Wildman–Crippen MR) is 186 cm³/mol. The van der Waals surface area contributed by atoms with Gasteiger partial charge in [0.05, 0.1) is 60.1 Å². The molecule has 262 valence electrons. The topological polar surface area (TPSA) is 134 Å². The molecule has 0 fully saturated rings. The van der Waals surface area contributed by atoms with Crippen LogP contribution < -0.4 is 9.75 Å². The van der Waals surface area contributed by atoms with Gasteiger partial charge < -0.3 is 28.4 Å². The monoisotopic (exact) mass is 824 g/mol. The first-order valence-corrected chi connectivity index (χ1v) is 17.7. The van der Waals surface area contributed by atoms with Gasteiger partial charge >= 0.3 is 21.7 Å². The van der Waals surface area contributed by atoms with Gasteiger partial charge in [-0.2, -0.15) is 0 Å². The fraction of sp³-hybridized carbons (Fsp3) is 0.429. The molecule has 4 aromatic rings. The first-order chi connectivity index (χ1) is 22.7. The molecule has 0 aliphatic heterocycles. The van der Waals surface area contributed by atoms with E-state index in [4.69, 9.17) is 98.0 Å². The summed E-state index contributed by atoms with van der Waals surface area (Å²) in [5, 5.41) is 0. The molecular weight excluding hydrogens is 801 g/mol. The predicted octanol–water partition coefficient (Wildman–Crippen LogP) is 5.69. The highest BCUT2D eigenvalue weighted by atomic mass is 35.6. The minimum absolute atomic E-state index is 0.0249. The highest BCUT2D eigenvalue weighted by Crippen LogP contribution is 2.34. The normalized spacial score (nSPS) is 13.5. The molecule has 0 spiro atoms. The Morgan fingerprint density at radius 2 is 0.958 bits per heavy atom. The number of thiazole rings is 2. The van der Waals surface area contributed by atoms with E-state index < -0.39 is 45.2 Å². The smallest absolute Gasteiger partial charge is 0.328 e. The van der Waals surface area contributed by atoms with Gasteiger partial charge in [-0.1, -0.05) is 117 Å². The van der Waals surface area contributed by atoms with Gasteiger partial charge in [0, 0.05) is 0 Å². The second-order valence-corrected chi connectivity index (χ2v) is 16.3. The van der Waals surface area contributed by atoms with Crippen molar-refractivity contribution >= 4 is 125 Å². The number of fused-ring (bicyclic) bond motifs is 2. The molecule has 0 N–H and O–H groups in total. The Balaban J connectivity index is 1.12. The number of halogens is 6. The fourth-order valence-electron chi connectivity index (χ4n) is 4.04. The number of benzene rings is 2. The molecule has 20 heteroatoms. The number of alkyl halides is 6. The molecule has 2 atom stereocenters. The van der Waals surface area contributed by atoms with E-state index in [1.807, 2.05) is 0 Å². The number of carbonyl (C=O) groups excluding carboxylic acids is 2. The highest BCUT2D eigenvalue weighted by Gasteiger charge is 2.38. The summed E-state index contributed by atoms with van der Waals surface area (Å²) in [6, 6.07) is 14.0. The fourth-order valence-corrected chi connectivity index (χ4v) is 6.47. The number of hydrogen-bond acceptors (Lipinski definition) is 12. The molecular formula is C28H26Cl6N2O10S2. The third-order valence-corrected chi connectivity index (χ3v) is 9.09. The van der Waals surface area contributed by atoms with Crippen LogP contribution in [0.5, 0.6) is 0 Å². The van der Waals surface area contributed by atoms with Crippen LogP contribution >= 0.6 is 92.3 Å². The van der Waals surface area contributed by atoms with Crippen molar-refractivity contribution in [2.75, 3.05) is 39.6 Å². The highest BCUT2D eigenvalue weighted by molar-refractivity contribution is 7.16. The van der Waals surface area contributed by atoms with Crippen molar-refractivity contribution in [3.63, 3.8) is 0 Å². The maximum atomic E-state index is 12.5. The Kier molecular flexibility index (Phi) is 14.7. The van der Waals surface area contributed by atoms with Crippen LogP contribution in [0, 0.1) is 0 Å². The molecule has 2 heterocycles. The summed E-state index contributed by atoms with van der Waals surface area (Å²) in [6.45, 7) is -0.725.